The summed E-state index contributed by atoms with van der Waals surface area (Å²) in [5, 5.41) is 3.51. The molecule has 86 valence electrons. The first-order valence-corrected chi connectivity index (χ1v) is 5.74. The Hall–Kier alpha value is -0.0800. The number of ether oxygens (including phenoxy) is 1. The highest BCUT2D eigenvalue weighted by molar-refractivity contribution is 4.74. The molecule has 0 aliphatic rings. The van der Waals surface area contributed by atoms with E-state index < -0.39 is 0 Å². The van der Waals surface area contributed by atoms with Crippen LogP contribution in [0.25, 0.3) is 0 Å². The van der Waals surface area contributed by atoms with E-state index in [1.54, 1.807) is 0 Å². The van der Waals surface area contributed by atoms with Crippen molar-refractivity contribution < 1.29 is 4.74 Å². The summed E-state index contributed by atoms with van der Waals surface area (Å²) < 4.78 is 5.62. The van der Waals surface area contributed by atoms with Gasteiger partial charge in [-0.2, -0.15) is 0 Å². The molecule has 0 spiro atoms. The van der Waals surface area contributed by atoms with Crippen molar-refractivity contribution in [2.24, 2.45) is 5.92 Å². The quantitative estimate of drug-likeness (QED) is 0.684. The van der Waals surface area contributed by atoms with Gasteiger partial charge >= 0.3 is 0 Å². The van der Waals surface area contributed by atoms with Gasteiger partial charge in [0.25, 0.3) is 0 Å². The highest BCUT2D eigenvalue weighted by atomic mass is 16.5. The van der Waals surface area contributed by atoms with Gasteiger partial charge in [-0.05, 0) is 40.0 Å². The second kappa shape index (κ2) is 6.41. The van der Waals surface area contributed by atoms with Crippen LogP contribution in [-0.2, 0) is 4.74 Å². The Labute approximate surface area is 89.4 Å². The number of nitrogens with one attached hydrogen (secondary N) is 1. The molecule has 0 aliphatic heterocycles. The first kappa shape index (κ1) is 13.9. The predicted molar refractivity (Wildman–Crippen MR) is 62.6 cm³/mol. The van der Waals surface area contributed by atoms with Gasteiger partial charge < -0.3 is 10.1 Å². The van der Waals surface area contributed by atoms with E-state index in [2.05, 4.69) is 39.9 Å². The van der Waals surface area contributed by atoms with Gasteiger partial charge in [-0.1, -0.05) is 13.8 Å². The molecule has 0 radical (unpaired) electrons. The van der Waals surface area contributed by atoms with Crippen LogP contribution in [0.5, 0.6) is 0 Å². The van der Waals surface area contributed by atoms with Gasteiger partial charge in [0.1, 0.15) is 0 Å². The number of rotatable bonds is 7. The minimum absolute atomic E-state index is 0.0417. The molecule has 0 saturated heterocycles. The SMILES string of the molecule is CCOC(C)(C)CNC(C)CC(C)C. The summed E-state index contributed by atoms with van der Waals surface area (Å²) >= 11 is 0. The zero-order valence-electron chi connectivity index (χ0n) is 10.7. The van der Waals surface area contributed by atoms with Gasteiger partial charge in [0.15, 0.2) is 0 Å². The molecule has 2 nitrogen and oxygen atoms in total. The van der Waals surface area contributed by atoms with E-state index in [4.69, 9.17) is 4.74 Å². The number of hydrogen-bond acceptors (Lipinski definition) is 2. The van der Waals surface area contributed by atoms with Crippen LogP contribution in [0.3, 0.4) is 0 Å². The number of hydrogen-bond donors (Lipinski definition) is 1. The molecule has 0 aromatic rings. The molecule has 0 rings (SSSR count). The van der Waals surface area contributed by atoms with Crippen molar-refractivity contribution in [1.29, 1.82) is 0 Å². The average Bonchev–Trinajstić information content (AvgIpc) is 2.00. The van der Waals surface area contributed by atoms with Crippen molar-refractivity contribution >= 4 is 0 Å². The fraction of sp³-hybridized carbons (Fsp3) is 1.00. The Morgan fingerprint density at radius 2 is 1.79 bits per heavy atom. The standard InChI is InChI=1S/C12H27NO/c1-7-14-12(5,6)9-13-11(4)8-10(2)3/h10-11,13H,7-9H2,1-6H3. The van der Waals surface area contributed by atoms with Crippen LogP contribution in [0.4, 0.5) is 0 Å². The van der Waals surface area contributed by atoms with Gasteiger partial charge in [0.2, 0.25) is 0 Å². The van der Waals surface area contributed by atoms with Gasteiger partial charge in [-0.3, -0.25) is 0 Å². The van der Waals surface area contributed by atoms with Crippen molar-refractivity contribution in [1.82, 2.24) is 5.32 Å². The third-order valence-electron chi connectivity index (χ3n) is 2.24. The Morgan fingerprint density at radius 1 is 1.21 bits per heavy atom. The van der Waals surface area contributed by atoms with E-state index in [1.165, 1.54) is 6.42 Å². The van der Waals surface area contributed by atoms with Crippen LogP contribution >= 0.6 is 0 Å². The van der Waals surface area contributed by atoms with E-state index in [1.807, 2.05) is 6.92 Å². The first-order valence-electron chi connectivity index (χ1n) is 5.74. The topological polar surface area (TPSA) is 21.3 Å². The lowest BCUT2D eigenvalue weighted by Crippen LogP contribution is -2.41. The maximum absolute atomic E-state index is 5.62. The maximum Gasteiger partial charge on any atom is 0.0750 e. The largest absolute Gasteiger partial charge is 0.375 e. The summed E-state index contributed by atoms with van der Waals surface area (Å²) in [4.78, 5) is 0. The van der Waals surface area contributed by atoms with Gasteiger partial charge in [-0.15, -0.1) is 0 Å². The van der Waals surface area contributed by atoms with Crippen LogP contribution in [0.1, 0.15) is 48.0 Å². The van der Waals surface area contributed by atoms with E-state index in [0.717, 1.165) is 19.1 Å². The first-order chi connectivity index (χ1) is 6.37. The van der Waals surface area contributed by atoms with E-state index >= 15 is 0 Å². The lowest BCUT2D eigenvalue weighted by atomic mass is 10.0. The van der Waals surface area contributed by atoms with E-state index in [9.17, 15) is 0 Å². The van der Waals surface area contributed by atoms with E-state index in [0.29, 0.717) is 6.04 Å². The Bertz CT molecular complexity index is 143. The lowest BCUT2D eigenvalue weighted by Gasteiger charge is -2.27. The molecular formula is C12H27NO. The molecule has 2 heteroatoms. The third-order valence-corrected chi connectivity index (χ3v) is 2.24. The molecule has 0 bridgehead atoms. The minimum Gasteiger partial charge on any atom is -0.375 e. The van der Waals surface area contributed by atoms with E-state index in [-0.39, 0.29) is 5.60 Å². The van der Waals surface area contributed by atoms with Gasteiger partial charge in [0.05, 0.1) is 5.60 Å². The van der Waals surface area contributed by atoms with Crippen LogP contribution in [-0.4, -0.2) is 24.8 Å². The molecule has 1 unspecified atom stereocenters. The second-order valence-electron chi connectivity index (χ2n) is 5.10. The smallest absolute Gasteiger partial charge is 0.0750 e. The summed E-state index contributed by atoms with van der Waals surface area (Å²) in [5.74, 6) is 0.757. The zero-order chi connectivity index (χ0) is 11.2. The maximum atomic E-state index is 5.62. The summed E-state index contributed by atoms with van der Waals surface area (Å²) in [7, 11) is 0. The summed E-state index contributed by atoms with van der Waals surface area (Å²) in [6.07, 6.45) is 1.22. The summed E-state index contributed by atoms with van der Waals surface area (Å²) in [6.45, 7) is 14.8. The molecule has 0 aromatic carbocycles. The van der Waals surface area contributed by atoms with Crippen molar-refractivity contribution in [2.45, 2.75) is 59.6 Å². The molecule has 0 saturated carbocycles. The Kier molecular flexibility index (Phi) is 6.38. The molecular weight excluding hydrogens is 174 g/mol. The van der Waals surface area contributed by atoms with Crippen molar-refractivity contribution in [3.8, 4) is 0 Å². The van der Waals surface area contributed by atoms with Gasteiger partial charge in [-0.25, -0.2) is 0 Å². The molecule has 0 aromatic heterocycles. The Balaban J connectivity index is 3.69. The van der Waals surface area contributed by atoms with Crippen LogP contribution in [0.2, 0.25) is 0 Å². The minimum atomic E-state index is -0.0417. The predicted octanol–water partition coefficient (Wildman–Crippen LogP) is 2.83. The van der Waals surface area contributed by atoms with Gasteiger partial charge in [0, 0.05) is 19.2 Å². The second-order valence-corrected chi connectivity index (χ2v) is 5.10. The monoisotopic (exact) mass is 201 g/mol. The zero-order valence-corrected chi connectivity index (χ0v) is 10.7. The lowest BCUT2D eigenvalue weighted by molar-refractivity contribution is -0.0106. The fourth-order valence-electron chi connectivity index (χ4n) is 1.65. The summed E-state index contributed by atoms with van der Waals surface area (Å²) in [6, 6.07) is 0.578. The molecule has 0 aliphatic carbocycles. The van der Waals surface area contributed by atoms with Crippen LogP contribution < -0.4 is 5.32 Å². The van der Waals surface area contributed by atoms with Crippen LogP contribution in [0.15, 0.2) is 0 Å². The highest BCUT2D eigenvalue weighted by Gasteiger charge is 2.18. The highest BCUT2D eigenvalue weighted by Crippen LogP contribution is 2.09. The summed E-state index contributed by atoms with van der Waals surface area (Å²) in [5.41, 5.74) is -0.0417. The Morgan fingerprint density at radius 3 is 2.21 bits per heavy atom. The fourth-order valence-corrected chi connectivity index (χ4v) is 1.65. The van der Waals surface area contributed by atoms with Crippen LogP contribution in [0, 0.1) is 5.92 Å². The normalized spacial score (nSPS) is 14.8. The molecule has 14 heavy (non-hydrogen) atoms. The average molecular weight is 201 g/mol. The van der Waals surface area contributed by atoms with Crippen molar-refractivity contribution in [2.75, 3.05) is 13.2 Å². The van der Waals surface area contributed by atoms with Crippen molar-refractivity contribution in [3.05, 3.63) is 0 Å². The van der Waals surface area contributed by atoms with Crippen molar-refractivity contribution in [3.63, 3.8) is 0 Å². The molecule has 0 fully saturated rings. The molecule has 0 heterocycles. The molecule has 1 N–H and O–H groups in total. The third kappa shape index (κ3) is 7.34. The molecule has 1 atom stereocenters. The molecule has 0 amide bonds.